The SMILES string of the molecule is CCC(NC(C)Cc1ccc(Br)cc1)c1ccc(F)cn1. The van der Waals surface area contributed by atoms with Gasteiger partial charge in [0, 0.05) is 16.6 Å². The normalized spacial score (nSPS) is 13.9. The van der Waals surface area contributed by atoms with E-state index >= 15 is 0 Å². The van der Waals surface area contributed by atoms with Gasteiger partial charge in [0.15, 0.2) is 0 Å². The van der Waals surface area contributed by atoms with Gasteiger partial charge in [-0.3, -0.25) is 4.98 Å². The quantitative estimate of drug-likeness (QED) is 0.819. The maximum absolute atomic E-state index is 12.9. The summed E-state index contributed by atoms with van der Waals surface area (Å²) in [5.74, 6) is -0.295. The van der Waals surface area contributed by atoms with Crippen LogP contribution in [0.25, 0.3) is 0 Å². The van der Waals surface area contributed by atoms with Crippen LogP contribution in [-0.4, -0.2) is 11.0 Å². The van der Waals surface area contributed by atoms with Gasteiger partial charge in [-0.1, -0.05) is 35.0 Å². The lowest BCUT2D eigenvalue weighted by molar-refractivity contribution is 0.435. The van der Waals surface area contributed by atoms with E-state index in [0.29, 0.717) is 6.04 Å². The van der Waals surface area contributed by atoms with Crippen molar-refractivity contribution in [3.05, 3.63) is 64.1 Å². The Kier molecular flexibility index (Phi) is 5.88. The van der Waals surface area contributed by atoms with Crippen LogP contribution >= 0.6 is 15.9 Å². The molecule has 0 aliphatic heterocycles. The van der Waals surface area contributed by atoms with Crippen molar-refractivity contribution in [3.63, 3.8) is 0 Å². The Morgan fingerprint density at radius 1 is 1.19 bits per heavy atom. The molecular formula is C17H20BrFN2. The summed E-state index contributed by atoms with van der Waals surface area (Å²) in [5.41, 5.74) is 2.18. The smallest absolute Gasteiger partial charge is 0.141 e. The number of hydrogen-bond donors (Lipinski definition) is 1. The van der Waals surface area contributed by atoms with E-state index in [1.54, 1.807) is 6.07 Å². The average molecular weight is 351 g/mol. The van der Waals surface area contributed by atoms with E-state index in [-0.39, 0.29) is 11.9 Å². The van der Waals surface area contributed by atoms with Crippen molar-refractivity contribution >= 4 is 15.9 Å². The second-order valence-corrected chi connectivity index (χ2v) is 6.18. The molecule has 2 nitrogen and oxygen atoms in total. The number of nitrogens with zero attached hydrogens (tertiary/aromatic N) is 1. The molecule has 0 saturated heterocycles. The number of hydrogen-bond acceptors (Lipinski definition) is 2. The standard InChI is InChI=1S/C17H20BrFN2/c1-3-16(17-9-8-15(19)11-20-17)21-12(2)10-13-4-6-14(18)7-5-13/h4-9,11-12,16,21H,3,10H2,1-2H3. The Labute approximate surface area is 133 Å². The number of benzene rings is 1. The fourth-order valence-electron chi connectivity index (χ4n) is 2.38. The van der Waals surface area contributed by atoms with Crippen molar-refractivity contribution < 1.29 is 4.39 Å². The van der Waals surface area contributed by atoms with Crippen LogP contribution in [0.2, 0.25) is 0 Å². The molecule has 2 rings (SSSR count). The molecule has 0 saturated carbocycles. The van der Waals surface area contributed by atoms with Gasteiger partial charge in [-0.2, -0.15) is 0 Å². The lowest BCUT2D eigenvalue weighted by Gasteiger charge is -2.22. The van der Waals surface area contributed by atoms with E-state index < -0.39 is 0 Å². The molecule has 0 aliphatic carbocycles. The number of aromatic nitrogens is 1. The second-order valence-electron chi connectivity index (χ2n) is 5.26. The Bertz CT molecular complexity index is 554. The second kappa shape index (κ2) is 7.66. The van der Waals surface area contributed by atoms with Crippen LogP contribution in [-0.2, 0) is 6.42 Å². The Hall–Kier alpha value is -1.26. The minimum absolute atomic E-state index is 0.149. The van der Waals surface area contributed by atoms with Crippen molar-refractivity contribution in [1.29, 1.82) is 0 Å². The zero-order chi connectivity index (χ0) is 15.2. The molecule has 0 fully saturated rings. The van der Waals surface area contributed by atoms with Gasteiger partial charge in [-0.05, 0) is 49.6 Å². The minimum Gasteiger partial charge on any atom is -0.306 e. The van der Waals surface area contributed by atoms with Crippen LogP contribution in [0.1, 0.15) is 37.6 Å². The van der Waals surface area contributed by atoms with Gasteiger partial charge in [0.2, 0.25) is 0 Å². The van der Waals surface area contributed by atoms with E-state index in [1.165, 1.54) is 17.8 Å². The van der Waals surface area contributed by atoms with Gasteiger partial charge < -0.3 is 5.32 Å². The summed E-state index contributed by atoms with van der Waals surface area (Å²) in [7, 11) is 0. The van der Waals surface area contributed by atoms with Crippen LogP contribution < -0.4 is 5.32 Å². The van der Waals surface area contributed by atoms with Gasteiger partial charge in [0.1, 0.15) is 5.82 Å². The fourth-order valence-corrected chi connectivity index (χ4v) is 2.65. The van der Waals surface area contributed by atoms with Crippen molar-refractivity contribution in [2.45, 2.75) is 38.8 Å². The molecular weight excluding hydrogens is 331 g/mol. The summed E-state index contributed by atoms with van der Waals surface area (Å²) in [4.78, 5) is 4.18. The third-order valence-electron chi connectivity index (χ3n) is 3.46. The van der Waals surface area contributed by atoms with Crippen LogP contribution in [0, 0.1) is 5.82 Å². The van der Waals surface area contributed by atoms with Gasteiger partial charge in [-0.25, -0.2) is 4.39 Å². The molecule has 1 aromatic heterocycles. The van der Waals surface area contributed by atoms with Crippen molar-refractivity contribution in [2.24, 2.45) is 0 Å². The van der Waals surface area contributed by atoms with Gasteiger partial charge in [-0.15, -0.1) is 0 Å². The summed E-state index contributed by atoms with van der Waals surface area (Å²) < 4.78 is 14.0. The van der Waals surface area contributed by atoms with Crippen molar-refractivity contribution in [1.82, 2.24) is 10.3 Å². The van der Waals surface area contributed by atoms with Crippen LogP contribution in [0.3, 0.4) is 0 Å². The molecule has 0 radical (unpaired) electrons. The highest BCUT2D eigenvalue weighted by Gasteiger charge is 2.14. The monoisotopic (exact) mass is 350 g/mol. The molecule has 2 atom stereocenters. The first-order valence-corrected chi connectivity index (χ1v) is 7.99. The Morgan fingerprint density at radius 3 is 2.48 bits per heavy atom. The summed E-state index contributed by atoms with van der Waals surface area (Å²) in [5, 5.41) is 3.57. The molecule has 2 unspecified atom stereocenters. The number of rotatable bonds is 6. The third kappa shape index (κ3) is 4.90. The first-order chi connectivity index (χ1) is 10.1. The van der Waals surface area contributed by atoms with E-state index in [1.807, 2.05) is 0 Å². The molecule has 0 bridgehead atoms. The van der Waals surface area contributed by atoms with E-state index in [0.717, 1.165) is 23.0 Å². The maximum Gasteiger partial charge on any atom is 0.141 e. The van der Waals surface area contributed by atoms with Gasteiger partial charge >= 0.3 is 0 Å². The van der Waals surface area contributed by atoms with E-state index in [4.69, 9.17) is 0 Å². The molecule has 1 aromatic carbocycles. The summed E-state index contributed by atoms with van der Waals surface area (Å²) >= 11 is 3.45. The molecule has 1 heterocycles. The van der Waals surface area contributed by atoms with E-state index in [2.05, 4.69) is 64.3 Å². The lowest BCUT2D eigenvalue weighted by atomic mass is 10.0. The minimum atomic E-state index is -0.295. The topological polar surface area (TPSA) is 24.9 Å². The first-order valence-electron chi connectivity index (χ1n) is 7.20. The summed E-state index contributed by atoms with van der Waals surface area (Å²) in [6.45, 7) is 4.27. The van der Waals surface area contributed by atoms with Crippen LogP contribution in [0.5, 0.6) is 0 Å². The molecule has 2 aromatic rings. The molecule has 0 spiro atoms. The maximum atomic E-state index is 12.9. The van der Waals surface area contributed by atoms with Crippen LogP contribution in [0.4, 0.5) is 4.39 Å². The van der Waals surface area contributed by atoms with Crippen molar-refractivity contribution in [2.75, 3.05) is 0 Å². The number of nitrogens with one attached hydrogen (secondary N) is 1. The summed E-state index contributed by atoms with van der Waals surface area (Å²) in [6, 6.07) is 12.1. The number of pyridine rings is 1. The largest absolute Gasteiger partial charge is 0.306 e. The highest BCUT2D eigenvalue weighted by atomic mass is 79.9. The molecule has 0 amide bonds. The van der Waals surface area contributed by atoms with Gasteiger partial charge in [0.05, 0.1) is 11.9 Å². The lowest BCUT2D eigenvalue weighted by Crippen LogP contribution is -2.32. The third-order valence-corrected chi connectivity index (χ3v) is 3.99. The molecule has 21 heavy (non-hydrogen) atoms. The Morgan fingerprint density at radius 2 is 1.90 bits per heavy atom. The first kappa shape index (κ1) is 16.1. The Balaban J connectivity index is 1.97. The molecule has 112 valence electrons. The predicted molar refractivity (Wildman–Crippen MR) is 87.7 cm³/mol. The molecule has 0 aliphatic rings. The van der Waals surface area contributed by atoms with Gasteiger partial charge in [0.25, 0.3) is 0 Å². The average Bonchev–Trinajstić information content (AvgIpc) is 2.48. The van der Waals surface area contributed by atoms with Crippen molar-refractivity contribution in [3.8, 4) is 0 Å². The molecule has 1 N–H and O–H groups in total. The number of halogens is 2. The highest BCUT2D eigenvalue weighted by molar-refractivity contribution is 9.10. The summed E-state index contributed by atoms with van der Waals surface area (Å²) in [6.07, 6.45) is 3.15. The highest BCUT2D eigenvalue weighted by Crippen LogP contribution is 2.17. The fraction of sp³-hybridized carbons (Fsp3) is 0.353. The zero-order valence-electron chi connectivity index (χ0n) is 12.3. The van der Waals surface area contributed by atoms with E-state index in [9.17, 15) is 4.39 Å². The zero-order valence-corrected chi connectivity index (χ0v) is 13.9. The predicted octanol–water partition coefficient (Wildman–Crippen LogP) is 4.66. The van der Waals surface area contributed by atoms with Crippen LogP contribution in [0.15, 0.2) is 47.1 Å². The molecule has 4 heteroatoms.